The molecule has 174 valence electrons. The molecular weight excluding hydrogens is 454 g/mol. The maximum atomic E-state index is 12.2. The fourth-order valence-corrected chi connectivity index (χ4v) is 5.11. The van der Waals surface area contributed by atoms with E-state index in [4.69, 9.17) is 0 Å². The second-order valence-electron chi connectivity index (χ2n) is 8.06. The normalized spacial score (nSPS) is 14.8. The third-order valence-corrected chi connectivity index (χ3v) is 7.22. The SMILES string of the molecule is O=C(Cc1csc(NC(=O)c2cccs2)n1)NCCCN1CCN(Cc2ccccc2)CC1. The average Bonchev–Trinajstić information content (AvgIpc) is 3.51. The van der Waals surface area contributed by atoms with Gasteiger partial charge in [-0.1, -0.05) is 36.4 Å². The van der Waals surface area contributed by atoms with Crippen LogP contribution in [0.4, 0.5) is 5.13 Å². The Kier molecular flexibility index (Phi) is 8.59. The molecule has 1 aliphatic rings. The molecule has 2 aromatic heterocycles. The molecule has 2 amide bonds. The van der Waals surface area contributed by atoms with E-state index in [2.05, 4.69) is 55.7 Å². The van der Waals surface area contributed by atoms with E-state index < -0.39 is 0 Å². The maximum absolute atomic E-state index is 12.2. The largest absolute Gasteiger partial charge is 0.356 e. The molecule has 9 heteroatoms. The number of rotatable bonds is 10. The second kappa shape index (κ2) is 12.0. The van der Waals surface area contributed by atoms with Crippen LogP contribution in [0.5, 0.6) is 0 Å². The number of aromatic nitrogens is 1. The lowest BCUT2D eigenvalue weighted by Crippen LogP contribution is -2.46. The molecule has 2 N–H and O–H groups in total. The first-order valence-electron chi connectivity index (χ1n) is 11.2. The van der Waals surface area contributed by atoms with E-state index in [1.807, 2.05) is 16.8 Å². The standard InChI is InChI=1S/C24H29N5O2S2/c30-22(16-20-18-33-24(26-20)27-23(31)21-8-4-15-32-21)25-9-5-10-28-11-13-29(14-12-28)17-19-6-2-1-3-7-19/h1-4,6-8,15,18H,5,9-14,16-17H2,(H,25,30)(H,26,27,31). The summed E-state index contributed by atoms with van der Waals surface area (Å²) in [5.74, 6) is -0.208. The van der Waals surface area contributed by atoms with Crippen molar-refractivity contribution in [2.24, 2.45) is 0 Å². The number of nitrogens with one attached hydrogen (secondary N) is 2. The molecule has 1 aliphatic heterocycles. The highest BCUT2D eigenvalue weighted by molar-refractivity contribution is 7.14. The Morgan fingerprint density at radius 2 is 1.76 bits per heavy atom. The van der Waals surface area contributed by atoms with Crippen LogP contribution in [0.25, 0.3) is 0 Å². The van der Waals surface area contributed by atoms with Crippen molar-refractivity contribution in [3.05, 3.63) is 69.4 Å². The highest BCUT2D eigenvalue weighted by atomic mass is 32.1. The van der Waals surface area contributed by atoms with Crippen molar-refractivity contribution in [3.63, 3.8) is 0 Å². The van der Waals surface area contributed by atoms with Gasteiger partial charge in [0.05, 0.1) is 17.0 Å². The summed E-state index contributed by atoms with van der Waals surface area (Å²) in [7, 11) is 0. The van der Waals surface area contributed by atoms with Crippen LogP contribution < -0.4 is 10.6 Å². The minimum Gasteiger partial charge on any atom is -0.356 e. The van der Waals surface area contributed by atoms with Gasteiger partial charge in [-0.2, -0.15) is 0 Å². The van der Waals surface area contributed by atoms with Crippen molar-refractivity contribution in [2.75, 3.05) is 44.6 Å². The van der Waals surface area contributed by atoms with Crippen LogP contribution in [0.1, 0.15) is 27.3 Å². The van der Waals surface area contributed by atoms with E-state index in [1.54, 1.807) is 6.07 Å². The summed E-state index contributed by atoms with van der Waals surface area (Å²) < 4.78 is 0. The van der Waals surface area contributed by atoms with E-state index in [-0.39, 0.29) is 18.2 Å². The quantitative estimate of drug-likeness (QED) is 0.433. The van der Waals surface area contributed by atoms with Gasteiger partial charge in [0.15, 0.2) is 5.13 Å². The van der Waals surface area contributed by atoms with Crippen LogP contribution in [0, 0.1) is 0 Å². The van der Waals surface area contributed by atoms with Crippen molar-refractivity contribution < 1.29 is 9.59 Å². The first kappa shape index (κ1) is 23.6. The van der Waals surface area contributed by atoms with Crippen molar-refractivity contribution in [1.29, 1.82) is 0 Å². The molecular formula is C24H29N5O2S2. The van der Waals surface area contributed by atoms with E-state index in [9.17, 15) is 9.59 Å². The summed E-state index contributed by atoms with van der Waals surface area (Å²) in [5, 5.41) is 9.96. The topological polar surface area (TPSA) is 77.6 Å². The van der Waals surface area contributed by atoms with Gasteiger partial charge >= 0.3 is 0 Å². The summed E-state index contributed by atoms with van der Waals surface area (Å²) in [6.45, 7) is 6.97. The first-order valence-corrected chi connectivity index (χ1v) is 13.0. The number of benzene rings is 1. The molecule has 33 heavy (non-hydrogen) atoms. The minimum atomic E-state index is -0.170. The molecule has 0 spiro atoms. The van der Waals surface area contributed by atoms with Crippen molar-refractivity contribution >= 4 is 39.6 Å². The molecule has 3 aromatic rings. The number of thiophene rings is 1. The Hall–Kier alpha value is -2.59. The van der Waals surface area contributed by atoms with Gasteiger partial charge in [0, 0.05) is 44.6 Å². The Balaban J connectivity index is 1.09. The lowest BCUT2D eigenvalue weighted by molar-refractivity contribution is -0.120. The Labute approximate surface area is 202 Å². The fraction of sp³-hybridized carbons (Fsp3) is 0.375. The number of amides is 2. The van der Waals surface area contributed by atoms with Crippen LogP contribution in [0.15, 0.2) is 53.2 Å². The van der Waals surface area contributed by atoms with Crippen LogP contribution >= 0.6 is 22.7 Å². The number of anilines is 1. The lowest BCUT2D eigenvalue weighted by Gasteiger charge is -2.34. The van der Waals surface area contributed by atoms with Gasteiger partial charge < -0.3 is 10.2 Å². The van der Waals surface area contributed by atoms with Gasteiger partial charge in [0.1, 0.15) is 0 Å². The van der Waals surface area contributed by atoms with Gasteiger partial charge in [-0.05, 0) is 30.0 Å². The van der Waals surface area contributed by atoms with Crippen molar-refractivity contribution in [2.45, 2.75) is 19.4 Å². The number of nitrogens with zero attached hydrogens (tertiary/aromatic N) is 3. The van der Waals surface area contributed by atoms with Gasteiger partial charge in [-0.25, -0.2) is 4.98 Å². The number of carbonyl (C=O) groups is 2. The fourth-order valence-electron chi connectivity index (χ4n) is 3.78. The summed E-state index contributed by atoms with van der Waals surface area (Å²) in [6.07, 6.45) is 1.16. The van der Waals surface area contributed by atoms with Crippen LogP contribution in [0.2, 0.25) is 0 Å². The van der Waals surface area contributed by atoms with Crippen LogP contribution in [-0.2, 0) is 17.8 Å². The Bertz CT molecular complexity index is 1010. The minimum absolute atomic E-state index is 0.0379. The molecule has 0 radical (unpaired) electrons. The molecule has 4 rings (SSSR count). The number of hydrogen-bond donors (Lipinski definition) is 2. The molecule has 1 saturated heterocycles. The number of carbonyl (C=O) groups excluding carboxylic acids is 2. The van der Waals surface area contributed by atoms with Crippen molar-refractivity contribution in [1.82, 2.24) is 20.1 Å². The van der Waals surface area contributed by atoms with Gasteiger partial charge in [-0.3, -0.25) is 19.8 Å². The third kappa shape index (κ3) is 7.46. The summed E-state index contributed by atoms with van der Waals surface area (Å²) >= 11 is 2.72. The number of hydrogen-bond acceptors (Lipinski definition) is 7. The Morgan fingerprint density at radius 1 is 0.970 bits per heavy atom. The average molecular weight is 484 g/mol. The Morgan fingerprint density at radius 3 is 2.52 bits per heavy atom. The predicted molar refractivity (Wildman–Crippen MR) is 134 cm³/mol. The van der Waals surface area contributed by atoms with Crippen LogP contribution in [0.3, 0.4) is 0 Å². The molecule has 0 atom stereocenters. The lowest BCUT2D eigenvalue weighted by atomic mass is 10.2. The zero-order valence-electron chi connectivity index (χ0n) is 18.5. The van der Waals surface area contributed by atoms with E-state index in [0.717, 1.165) is 45.7 Å². The van der Waals surface area contributed by atoms with Crippen molar-refractivity contribution in [3.8, 4) is 0 Å². The molecule has 7 nitrogen and oxygen atoms in total. The van der Waals surface area contributed by atoms with Gasteiger partial charge in [0.2, 0.25) is 5.91 Å². The molecule has 0 bridgehead atoms. The highest BCUT2D eigenvalue weighted by Gasteiger charge is 2.17. The number of thiazole rings is 1. The number of piperazine rings is 1. The summed E-state index contributed by atoms with van der Waals surface area (Å²) in [4.78, 5) is 34.3. The molecule has 0 saturated carbocycles. The maximum Gasteiger partial charge on any atom is 0.267 e. The smallest absolute Gasteiger partial charge is 0.267 e. The summed E-state index contributed by atoms with van der Waals surface area (Å²) in [6, 6.07) is 14.2. The summed E-state index contributed by atoms with van der Waals surface area (Å²) in [5.41, 5.74) is 2.04. The van der Waals surface area contributed by atoms with Gasteiger partial charge in [-0.15, -0.1) is 22.7 Å². The molecule has 3 heterocycles. The van der Waals surface area contributed by atoms with Crippen LogP contribution in [-0.4, -0.2) is 65.9 Å². The monoisotopic (exact) mass is 483 g/mol. The predicted octanol–water partition coefficient (Wildman–Crippen LogP) is 3.32. The first-order chi connectivity index (χ1) is 16.2. The van der Waals surface area contributed by atoms with E-state index >= 15 is 0 Å². The second-order valence-corrected chi connectivity index (χ2v) is 9.86. The van der Waals surface area contributed by atoms with Gasteiger partial charge in [0.25, 0.3) is 5.91 Å². The zero-order valence-corrected chi connectivity index (χ0v) is 20.2. The molecule has 1 fully saturated rings. The third-order valence-electron chi connectivity index (χ3n) is 5.55. The molecule has 0 aliphatic carbocycles. The molecule has 1 aromatic carbocycles. The molecule has 0 unspecified atom stereocenters. The van der Waals surface area contributed by atoms with E-state index in [0.29, 0.717) is 22.2 Å². The highest BCUT2D eigenvalue weighted by Crippen LogP contribution is 2.18. The van der Waals surface area contributed by atoms with E-state index in [1.165, 1.54) is 28.2 Å². The zero-order chi connectivity index (χ0) is 22.9.